The number of anilines is 2. The third-order valence-corrected chi connectivity index (χ3v) is 6.60. The van der Waals surface area contributed by atoms with E-state index < -0.39 is 10.0 Å². The molecule has 0 atom stereocenters. The van der Waals surface area contributed by atoms with Crippen LogP contribution in [0.15, 0.2) is 94.3 Å². The van der Waals surface area contributed by atoms with Crippen molar-refractivity contribution in [2.45, 2.75) is 11.4 Å². The zero-order valence-electron chi connectivity index (χ0n) is 15.8. The number of halogens is 1. The number of benzene rings is 4. The van der Waals surface area contributed by atoms with Gasteiger partial charge in [0, 0.05) is 27.7 Å². The third-order valence-electron chi connectivity index (χ3n) is 4.73. The Hall–Kier alpha value is -3.03. The highest BCUT2D eigenvalue weighted by Gasteiger charge is 2.15. The number of sulfonamides is 1. The highest BCUT2D eigenvalue weighted by molar-refractivity contribution is 9.10. The quantitative estimate of drug-likeness (QED) is 0.328. The number of fused-ring (bicyclic) bond motifs is 1. The van der Waals surface area contributed by atoms with Crippen LogP contribution in [-0.4, -0.2) is 13.5 Å². The van der Waals surface area contributed by atoms with Crippen LogP contribution in [0.3, 0.4) is 0 Å². The summed E-state index contributed by atoms with van der Waals surface area (Å²) < 4.78 is 29.2. The molecule has 0 aliphatic rings. The van der Waals surface area contributed by atoms with Crippen LogP contribution in [0.25, 0.3) is 10.8 Å². The van der Waals surface area contributed by atoms with Gasteiger partial charge in [0.1, 0.15) is 5.75 Å². The van der Waals surface area contributed by atoms with Crippen LogP contribution in [0.2, 0.25) is 0 Å². The van der Waals surface area contributed by atoms with Gasteiger partial charge in [0.15, 0.2) is 0 Å². The monoisotopic (exact) mass is 482 g/mol. The Balaban J connectivity index is 1.50. The first kappa shape index (κ1) is 20.3. The fourth-order valence-electron chi connectivity index (χ4n) is 3.15. The van der Waals surface area contributed by atoms with E-state index in [9.17, 15) is 13.5 Å². The fraction of sp³-hybridized carbons (Fsp3) is 0.0435. The van der Waals surface area contributed by atoms with Gasteiger partial charge < -0.3 is 10.4 Å². The molecule has 4 aromatic carbocycles. The molecule has 0 aliphatic heterocycles. The Kier molecular flexibility index (Phi) is 5.65. The number of nitrogens with one attached hydrogen (secondary N) is 2. The van der Waals surface area contributed by atoms with Gasteiger partial charge >= 0.3 is 0 Å². The summed E-state index contributed by atoms with van der Waals surface area (Å²) in [4.78, 5) is 0.174. The number of phenols is 1. The maximum atomic E-state index is 12.8. The number of hydrogen-bond donors (Lipinski definition) is 3. The Morgan fingerprint density at radius 1 is 0.867 bits per heavy atom. The van der Waals surface area contributed by atoms with Crippen molar-refractivity contribution in [3.05, 3.63) is 95.0 Å². The van der Waals surface area contributed by atoms with Crippen LogP contribution in [0.1, 0.15) is 5.56 Å². The first-order valence-electron chi connectivity index (χ1n) is 9.24. The van der Waals surface area contributed by atoms with Gasteiger partial charge in [-0.25, -0.2) is 8.42 Å². The fourth-order valence-corrected chi connectivity index (χ4v) is 4.58. The normalized spacial score (nSPS) is 11.4. The van der Waals surface area contributed by atoms with Gasteiger partial charge in [0.05, 0.1) is 10.6 Å². The zero-order valence-corrected chi connectivity index (χ0v) is 18.2. The topological polar surface area (TPSA) is 78.4 Å². The lowest BCUT2D eigenvalue weighted by atomic mass is 10.1. The number of phenolic OH excluding ortho intramolecular Hbond substituents is 1. The van der Waals surface area contributed by atoms with Crippen molar-refractivity contribution < 1.29 is 13.5 Å². The van der Waals surface area contributed by atoms with Gasteiger partial charge in [-0.2, -0.15) is 0 Å². The van der Waals surface area contributed by atoms with Crippen LogP contribution in [0.4, 0.5) is 11.4 Å². The van der Waals surface area contributed by atoms with E-state index in [0.717, 1.165) is 26.5 Å². The lowest BCUT2D eigenvalue weighted by Crippen LogP contribution is -2.13. The van der Waals surface area contributed by atoms with Crippen LogP contribution >= 0.6 is 15.9 Å². The first-order valence-corrected chi connectivity index (χ1v) is 11.5. The summed E-state index contributed by atoms with van der Waals surface area (Å²) in [5, 5.41) is 15.0. The molecule has 0 amide bonds. The van der Waals surface area contributed by atoms with E-state index in [1.807, 2.05) is 48.5 Å². The molecule has 4 aromatic rings. The van der Waals surface area contributed by atoms with Gasteiger partial charge in [-0.05, 0) is 47.9 Å². The molecule has 0 radical (unpaired) electrons. The molecule has 152 valence electrons. The van der Waals surface area contributed by atoms with Gasteiger partial charge in [0.25, 0.3) is 10.0 Å². The Morgan fingerprint density at radius 2 is 1.60 bits per heavy atom. The van der Waals surface area contributed by atoms with Crippen LogP contribution in [0, 0.1) is 0 Å². The lowest BCUT2D eigenvalue weighted by molar-refractivity contribution is 0.468. The van der Waals surface area contributed by atoms with Gasteiger partial charge in [-0.3, -0.25) is 4.72 Å². The van der Waals surface area contributed by atoms with Gasteiger partial charge in [-0.15, -0.1) is 0 Å². The molecule has 3 N–H and O–H groups in total. The number of aromatic hydroxyl groups is 1. The summed E-state index contributed by atoms with van der Waals surface area (Å²) in [7, 11) is -3.72. The molecular formula is C23H19BrN2O3S. The van der Waals surface area contributed by atoms with E-state index in [-0.39, 0.29) is 10.6 Å². The number of rotatable bonds is 6. The van der Waals surface area contributed by atoms with Crippen molar-refractivity contribution in [2.24, 2.45) is 0 Å². The second kappa shape index (κ2) is 8.38. The van der Waals surface area contributed by atoms with E-state index in [2.05, 4.69) is 26.0 Å². The molecule has 0 saturated carbocycles. The van der Waals surface area contributed by atoms with Crippen molar-refractivity contribution in [1.82, 2.24) is 0 Å². The summed E-state index contributed by atoms with van der Waals surface area (Å²) >= 11 is 3.31. The minimum Gasteiger partial charge on any atom is -0.508 e. The predicted molar refractivity (Wildman–Crippen MR) is 124 cm³/mol. The average Bonchev–Trinajstić information content (AvgIpc) is 2.73. The summed E-state index contributed by atoms with van der Waals surface area (Å²) in [6.45, 7) is 0.416. The van der Waals surface area contributed by atoms with Gasteiger partial charge in [0.2, 0.25) is 0 Å². The summed E-state index contributed by atoms with van der Waals surface area (Å²) in [6.07, 6.45) is 0. The van der Waals surface area contributed by atoms with Crippen LogP contribution < -0.4 is 10.0 Å². The van der Waals surface area contributed by atoms with Crippen molar-refractivity contribution in [3.8, 4) is 5.75 Å². The molecule has 0 unspecified atom stereocenters. The highest BCUT2D eigenvalue weighted by Crippen LogP contribution is 2.27. The van der Waals surface area contributed by atoms with E-state index in [4.69, 9.17) is 0 Å². The Labute approximate surface area is 183 Å². The molecule has 30 heavy (non-hydrogen) atoms. The minimum atomic E-state index is -3.72. The minimum absolute atomic E-state index is 0.174. The highest BCUT2D eigenvalue weighted by atomic mass is 79.9. The average molecular weight is 483 g/mol. The summed E-state index contributed by atoms with van der Waals surface area (Å²) in [5.41, 5.74) is 2.04. The lowest BCUT2D eigenvalue weighted by Gasteiger charge is -2.12. The molecule has 0 saturated heterocycles. The number of hydrogen-bond acceptors (Lipinski definition) is 4. The van der Waals surface area contributed by atoms with E-state index >= 15 is 0 Å². The van der Waals surface area contributed by atoms with Crippen molar-refractivity contribution in [1.29, 1.82) is 0 Å². The zero-order chi connectivity index (χ0) is 21.1. The first-order chi connectivity index (χ1) is 14.4. The SMILES string of the molecule is O=S(=O)(Nc1cccc2ccccc12)c1ccc(NCc2ccc(Br)cc2O)cc1. The second-order valence-corrected chi connectivity index (χ2v) is 9.38. The van der Waals surface area contributed by atoms with E-state index in [1.165, 1.54) is 0 Å². The molecular weight excluding hydrogens is 464 g/mol. The summed E-state index contributed by atoms with van der Waals surface area (Å²) in [6, 6.07) is 25.0. The largest absolute Gasteiger partial charge is 0.508 e. The molecule has 4 rings (SSSR count). The summed E-state index contributed by atoms with van der Waals surface area (Å²) in [5.74, 6) is 0.190. The van der Waals surface area contributed by atoms with E-state index in [1.54, 1.807) is 36.4 Å². The molecule has 0 heterocycles. The molecule has 0 aromatic heterocycles. The van der Waals surface area contributed by atoms with Crippen molar-refractivity contribution in [3.63, 3.8) is 0 Å². The van der Waals surface area contributed by atoms with E-state index in [0.29, 0.717) is 12.2 Å². The smallest absolute Gasteiger partial charge is 0.261 e. The van der Waals surface area contributed by atoms with Crippen molar-refractivity contribution in [2.75, 3.05) is 10.0 Å². The molecule has 0 aliphatic carbocycles. The maximum absolute atomic E-state index is 12.8. The molecule has 7 heteroatoms. The maximum Gasteiger partial charge on any atom is 0.261 e. The predicted octanol–water partition coefficient (Wildman–Crippen LogP) is 5.72. The van der Waals surface area contributed by atoms with Crippen LogP contribution in [-0.2, 0) is 16.6 Å². The Bertz CT molecular complexity index is 1300. The van der Waals surface area contributed by atoms with Crippen molar-refractivity contribution >= 4 is 48.1 Å². The standard InChI is InChI=1S/C23H19BrN2O3S/c24-18-9-8-17(23(27)14-18)15-25-19-10-12-20(13-11-19)30(28,29)26-22-7-3-5-16-4-1-2-6-21(16)22/h1-14,25-27H,15H2. The van der Waals surface area contributed by atoms with Gasteiger partial charge in [-0.1, -0.05) is 58.4 Å². The Morgan fingerprint density at radius 3 is 2.37 bits per heavy atom. The van der Waals surface area contributed by atoms with Crippen LogP contribution in [0.5, 0.6) is 5.75 Å². The molecule has 0 fully saturated rings. The molecule has 0 bridgehead atoms. The molecule has 0 spiro atoms. The third kappa shape index (κ3) is 4.42. The second-order valence-electron chi connectivity index (χ2n) is 6.78. The molecule has 5 nitrogen and oxygen atoms in total.